The second kappa shape index (κ2) is 4.95. The molecule has 114 valence electrons. The molecule has 0 unspecified atom stereocenters. The minimum atomic E-state index is -0.899. The van der Waals surface area contributed by atoms with E-state index in [2.05, 4.69) is 50.0 Å². The summed E-state index contributed by atoms with van der Waals surface area (Å²) >= 11 is 1.21. The quantitative estimate of drug-likeness (QED) is 0.764. The van der Waals surface area contributed by atoms with Gasteiger partial charge in [0.1, 0.15) is 4.88 Å². The summed E-state index contributed by atoms with van der Waals surface area (Å²) in [6.07, 6.45) is 1.90. The van der Waals surface area contributed by atoms with Gasteiger partial charge >= 0.3 is 5.97 Å². The third-order valence-corrected chi connectivity index (χ3v) is 4.94. The lowest BCUT2D eigenvalue weighted by molar-refractivity contribution is 0.0701. The van der Waals surface area contributed by atoms with Crippen LogP contribution >= 0.6 is 11.3 Å². The number of aromatic nitrogens is 2. The summed E-state index contributed by atoms with van der Waals surface area (Å²) in [5, 5.41) is 9.15. The van der Waals surface area contributed by atoms with Crippen molar-refractivity contribution in [3.63, 3.8) is 0 Å². The van der Waals surface area contributed by atoms with Crippen molar-refractivity contribution in [1.29, 1.82) is 0 Å². The van der Waals surface area contributed by atoms with Crippen molar-refractivity contribution in [1.82, 2.24) is 9.38 Å². The lowest BCUT2D eigenvalue weighted by Gasteiger charge is -2.18. The van der Waals surface area contributed by atoms with Crippen LogP contribution in [0.3, 0.4) is 0 Å². The lowest BCUT2D eigenvalue weighted by atomic mass is 9.86. The fraction of sp³-hybridized carbons (Fsp3) is 0.294. The first-order chi connectivity index (χ1) is 10.3. The predicted molar refractivity (Wildman–Crippen MR) is 88.9 cm³/mol. The summed E-state index contributed by atoms with van der Waals surface area (Å²) in [6.45, 7) is 8.36. The van der Waals surface area contributed by atoms with Crippen molar-refractivity contribution in [2.24, 2.45) is 0 Å². The van der Waals surface area contributed by atoms with E-state index in [0.29, 0.717) is 9.84 Å². The van der Waals surface area contributed by atoms with Crippen molar-refractivity contribution in [3.8, 4) is 11.3 Å². The zero-order chi connectivity index (χ0) is 16.1. The smallest absolute Gasteiger partial charge is 0.347 e. The van der Waals surface area contributed by atoms with Gasteiger partial charge in [-0.2, -0.15) is 0 Å². The molecule has 0 radical (unpaired) electrons. The van der Waals surface area contributed by atoms with E-state index in [4.69, 9.17) is 5.11 Å². The number of rotatable bonds is 2. The van der Waals surface area contributed by atoms with Gasteiger partial charge in [-0.15, -0.1) is 0 Å². The lowest BCUT2D eigenvalue weighted by Crippen LogP contribution is -2.10. The molecule has 0 saturated carbocycles. The Morgan fingerprint density at radius 3 is 2.36 bits per heavy atom. The van der Waals surface area contributed by atoms with E-state index in [-0.39, 0.29) is 5.41 Å². The molecule has 0 bridgehead atoms. The van der Waals surface area contributed by atoms with Crippen LogP contribution in [0.2, 0.25) is 0 Å². The zero-order valence-electron chi connectivity index (χ0n) is 13.0. The summed E-state index contributed by atoms with van der Waals surface area (Å²) in [5.74, 6) is -0.899. The highest BCUT2D eigenvalue weighted by molar-refractivity contribution is 7.19. The van der Waals surface area contributed by atoms with Crippen LogP contribution in [-0.2, 0) is 5.41 Å². The summed E-state index contributed by atoms with van der Waals surface area (Å²) < 4.78 is 1.85. The highest BCUT2D eigenvalue weighted by atomic mass is 32.1. The van der Waals surface area contributed by atoms with Crippen molar-refractivity contribution in [3.05, 3.63) is 46.6 Å². The van der Waals surface area contributed by atoms with Crippen LogP contribution in [0.1, 0.15) is 41.7 Å². The molecule has 0 fully saturated rings. The Morgan fingerprint density at radius 1 is 1.23 bits per heavy atom. The topological polar surface area (TPSA) is 54.6 Å². The maximum atomic E-state index is 11.1. The number of fused-ring (bicyclic) bond motifs is 1. The number of nitrogens with zero attached hydrogens (tertiary/aromatic N) is 2. The van der Waals surface area contributed by atoms with E-state index in [1.54, 1.807) is 6.92 Å². The standard InChI is InChI=1S/C17H18N2O2S/c1-10-14(15(20)21)22-16-18-13(9-19(10)16)11-5-7-12(8-6-11)17(2,3)4/h5-9H,1-4H3,(H,20,21). The molecule has 0 saturated heterocycles. The van der Waals surface area contributed by atoms with Gasteiger partial charge < -0.3 is 5.11 Å². The van der Waals surface area contributed by atoms with Crippen LogP contribution in [0.4, 0.5) is 0 Å². The Bertz CT molecular complexity index is 851. The summed E-state index contributed by atoms with van der Waals surface area (Å²) in [6, 6.07) is 8.39. The number of aromatic carboxylic acids is 1. The number of carbonyl (C=O) groups is 1. The number of hydrogen-bond donors (Lipinski definition) is 1. The third-order valence-electron chi connectivity index (χ3n) is 3.80. The number of hydrogen-bond acceptors (Lipinski definition) is 3. The van der Waals surface area contributed by atoms with Crippen molar-refractivity contribution >= 4 is 22.3 Å². The molecule has 0 aliphatic heterocycles. The monoisotopic (exact) mass is 314 g/mol. The molecule has 2 aromatic heterocycles. The summed E-state index contributed by atoms with van der Waals surface area (Å²) in [4.78, 5) is 16.8. The molecular formula is C17H18N2O2S. The molecule has 0 spiro atoms. The van der Waals surface area contributed by atoms with Gasteiger partial charge in [0.05, 0.1) is 5.69 Å². The van der Waals surface area contributed by atoms with Gasteiger partial charge in [-0.05, 0) is 17.9 Å². The number of carboxylic acids is 1. The van der Waals surface area contributed by atoms with Crippen molar-refractivity contribution in [2.45, 2.75) is 33.1 Å². The van der Waals surface area contributed by atoms with Crippen molar-refractivity contribution < 1.29 is 9.90 Å². The molecule has 3 aromatic rings. The first-order valence-electron chi connectivity index (χ1n) is 7.10. The van der Waals surface area contributed by atoms with Crippen LogP contribution in [0.5, 0.6) is 0 Å². The molecule has 3 rings (SSSR count). The molecule has 0 aliphatic carbocycles. The van der Waals surface area contributed by atoms with E-state index in [0.717, 1.165) is 17.0 Å². The third kappa shape index (κ3) is 2.41. The first-order valence-corrected chi connectivity index (χ1v) is 7.92. The maximum Gasteiger partial charge on any atom is 0.347 e. The Hall–Kier alpha value is -2.14. The van der Waals surface area contributed by atoms with Gasteiger partial charge in [0.25, 0.3) is 0 Å². The average molecular weight is 314 g/mol. The molecule has 0 atom stereocenters. The molecular weight excluding hydrogens is 296 g/mol. The van der Waals surface area contributed by atoms with Crippen LogP contribution in [0.25, 0.3) is 16.2 Å². The fourth-order valence-electron chi connectivity index (χ4n) is 2.43. The fourth-order valence-corrected chi connectivity index (χ4v) is 3.38. The minimum absolute atomic E-state index is 0.125. The Labute approximate surface area is 133 Å². The van der Waals surface area contributed by atoms with Gasteiger partial charge in [0, 0.05) is 17.5 Å². The number of aryl methyl sites for hydroxylation is 1. The van der Waals surface area contributed by atoms with Crippen LogP contribution in [0, 0.1) is 6.92 Å². The maximum absolute atomic E-state index is 11.1. The predicted octanol–water partition coefficient (Wildman–Crippen LogP) is 4.37. The minimum Gasteiger partial charge on any atom is -0.477 e. The van der Waals surface area contributed by atoms with Crippen molar-refractivity contribution in [2.75, 3.05) is 0 Å². The van der Waals surface area contributed by atoms with Gasteiger partial charge in [-0.25, -0.2) is 9.78 Å². The Balaban J connectivity index is 2.02. The first kappa shape index (κ1) is 14.8. The van der Waals surface area contributed by atoms with Crippen LogP contribution in [-0.4, -0.2) is 20.5 Å². The second-order valence-electron chi connectivity index (χ2n) is 6.43. The molecule has 5 heteroatoms. The highest BCUT2D eigenvalue weighted by Gasteiger charge is 2.18. The van der Waals surface area contributed by atoms with E-state index >= 15 is 0 Å². The van der Waals surface area contributed by atoms with Crippen LogP contribution in [0.15, 0.2) is 30.5 Å². The number of carboxylic acid groups (broad SMARTS) is 1. The van der Waals surface area contributed by atoms with Gasteiger partial charge in [0.2, 0.25) is 0 Å². The van der Waals surface area contributed by atoms with Gasteiger partial charge in [-0.1, -0.05) is 56.4 Å². The molecule has 22 heavy (non-hydrogen) atoms. The summed E-state index contributed by atoms with van der Waals surface area (Å²) in [5.41, 5.74) is 4.03. The number of imidazole rings is 1. The Kier molecular flexibility index (Phi) is 3.33. The van der Waals surface area contributed by atoms with E-state index < -0.39 is 5.97 Å². The van der Waals surface area contributed by atoms with E-state index in [9.17, 15) is 4.79 Å². The number of thiazole rings is 1. The molecule has 0 aliphatic rings. The molecule has 1 aromatic carbocycles. The molecule has 4 nitrogen and oxygen atoms in total. The Morgan fingerprint density at radius 2 is 1.86 bits per heavy atom. The SMILES string of the molecule is Cc1c(C(=O)O)sc2nc(-c3ccc(C(C)(C)C)cc3)cn12. The molecule has 2 heterocycles. The number of benzene rings is 1. The van der Waals surface area contributed by atoms with Crippen LogP contribution < -0.4 is 0 Å². The largest absolute Gasteiger partial charge is 0.477 e. The average Bonchev–Trinajstić information content (AvgIpc) is 2.98. The normalized spacial score (nSPS) is 12.0. The van der Waals surface area contributed by atoms with E-state index in [1.807, 2.05) is 10.6 Å². The molecule has 1 N–H and O–H groups in total. The van der Waals surface area contributed by atoms with Gasteiger partial charge in [-0.3, -0.25) is 4.40 Å². The highest BCUT2D eigenvalue weighted by Crippen LogP contribution is 2.29. The summed E-state index contributed by atoms with van der Waals surface area (Å²) in [7, 11) is 0. The zero-order valence-corrected chi connectivity index (χ0v) is 13.9. The second-order valence-corrected chi connectivity index (χ2v) is 7.41. The molecule has 0 amide bonds. The van der Waals surface area contributed by atoms with Gasteiger partial charge in [0.15, 0.2) is 4.96 Å². The van der Waals surface area contributed by atoms with E-state index in [1.165, 1.54) is 16.9 Å².